The summed E-state index contributed by atoms with van der Waals surface area (Å²) < 4.78 is 13.5. The van der Waals surface area contributed by atoms with Crippen molar-refractivity contribution >= 4 is 5.91 Å². The lowest BCUT2D eigenvalue weighted by Crippen LogP contribution is -2.40. The number of rotatable bonds is 4. The molecule has 0 spiro atoms. The second kappa shape index (κ2) is 5.77. The van der Waals surface area contributed by atoms with Gasteiger partial charge in [0, 0.05) is 6.04 Å². The topological polar surface area (TPSA) is 55.1 Å². The maximum absolute atomic E-state index is 13.5. The SMILES string of the molecule is Cc1ccc(F)c(C(=O)NC(C)C(C)CN)c1. The molecule has 94 valence electrons. The van der Waals surface area contributed by atoms with Crippen LogP contribution in [0.25, 0.3) is 0 Å². The zero-order chi connectivity index (χ0) is 13.0. The van der Waals surface area contributed by atoms with Gasteiger partial charge in [-0.25, -0.2) is 4.39 Å². The van der Waals surface area contributed by atoms with Crippen LogP contribution in [0.5, 0.6) is 0 Å². The Morgan fingerprint density at radius 3 is 2.71 bits per heavy atom. The third-order valence-electron chi connectivity index (χ3n) is 2.95. The maximum atomic E-state index is 13.5. The van der Waals surface area contributed by atoms with E-state index in [9.17, 15) is 9.18 Å². The Balaban J connectivity index is 2.79. The summed E-state index contributed by atoms with van der Waals surface area (Å²) in [5, 5.41) is 2.76. The number of nitrogens with two attached hydrogens (primary N) is 1. The standard InChI is InChI=1S/C13H19FN2O/c1-8-4-5-12(14)11(6-8)13(17)16-10(3)9(2)7-15/h4-6,9-10H,7,15H2,1-3H3,(H,16,17). The molecule has 0 aromatic heterocycles. The predicted molar refractivity (Wildman–Crippen MR) is 66.3 cm³/mol. The minimum absolute atomic E-state index is 0.0765. The lowest BCUT2D eigenvalue weighted by atomic mass is 10.0. The Hall–Kier alpha value is -1.42. The smallest absolute Gasteiger partial charge is 0.254 e. The molecular weight excluding hydrogens is 219 g/mol. The van der Waals surface area contributed by atoms with Gasteiger partial charge < -0.3 is 11.1 Å². The summed E-state index contributed by atoms with van der Waals surface area (Å²) in [6.07, 6.45) is 0. The number of carbonyl (C=O) groups is 1. The number of carbonyl (C=O) groups excluding carboxylic acids is 1. The molecule has 0 aliphatic rings. The van der Waals surface area contributed by atoms with Crippen molar-refractivity contribution < 1.29 is 9.18 Å². The van der Waals surface area contributed by atoms with Crippen LogP contribution in [0.3, 0.4) is 0 Å². The number of hydrogen-bond donors (Lipinski definition) is 2. The molecule has 17 heavy (non-hydrogen) atoms. The zero-order valence-corrected chi connectivity index (χ0v) is 10.5. The molecule has 1 rings (SSSR count). The van der Waals surface area contributed by atoms with Crippen molar-refractivity contribution in [3.8, 4) is 0 Å². The second-order valence-electron chi connectivity index (χ2n) is 4.46. The van der Waals surface area contributed by atoms with Crippen molar-refractivity contribution in [3.63, 3.8) is 0 Å². The molecule has 0 fully saturated rings. The maximum Gasteiger partial charge on any atom is 0.254 e. The number of amides is 1. The molecule has 4 heteroatoms. The van der Waals surface area contributed by atoms with Crippen molar-refractivity contribution in [2.75, 3.05) is 6.54 Å². The van der Waals surface area contributed by atoms with E-state index in [2.05, 4.69) is 5.32 Å². The van der Waals surface area contributed by atoms with E-state index in [1.54, 1.807) is 12.1 Å². The van der Waals surface area contributed by atoms with Crippen molar-refractivity contribution in [3.05, 3.63) is 35.1 Å². The second-order valence-corrected chi connectivity index (χ2v) is 4.46. The van der Waals surface area contributed by atoms with Crippen LogP contribution in [-0.4, -0.2) is 18.5 Å². The highest BCUT2D eigenvalue weighted by Gasteiger charge is 2.17. The number of aryl methyl sites for hydroxylation is 1. The molecule has 3 N–H and O–H groups in total. The molecule has 0 saturated carbocycles. The summed E-state index contributed by atoms with van der Waals surface area (Å²) in [5.41, 5.74) is 6.46. The average Bonchev–Trinajstić information content (AvgIpc) is 2.30. The van der Waals surface area contributed by atoms with Gasteiger partial charge in [0.1, 0.15) is 5.82 Å². The summed E-state index contributed by atoms with van der Waals surface area (Å²) in [4.78, 5) is 11.9. The van der Waals surface area contributed by atoms with Crippen LogP contribution in [0.15, 0.2) is 18.2 Å². The summed E-state index contributed by atoms with van der Waals surface area (Å²) in [6, 6.07) is 4.41. The third kappa shape index (κ3) is 3.53. The van der Waals surface area contributed by atoms with Crippen LogP contribution in [0, 0.1) is 18.7 Å². The summed E-state index contributed by atoms with van der Waals surface area (Å²) in [6.45, 7) is 6.11. The van der Waals surface area contributed by atoms with Gasteiger partial charge in [-0.1, -0.05) is 18.6 Å². The highest BCUT2D eigenvalue weighted by Crippen LogP contribution is 2.11. The molecule has 1 aromatic carbocycles. The van der Waals surface area contributed by atoms with Gasteiger partial charge in [0.2, 0.25) is 0 Å². The molecule has 0 radical (unpaired) electrons. The van der Waals surface area contributed by atoms with Crippen molar-refractivity contribution in [1.29, 1.82) is 0 Å². The Kier molecular flexibility index (Phi) is 4.63. The monoisotopic (exact) mass is 238 g/mol. The van der Waals surface area contributed by atoms with Crippen LogP contribution < -0.4 is 11.1 Å². The normalized spacial score (nSPS) is 14.2. The van der Waals surface area contributed by atoms with E-state index in [0.29, 0.717) is 6.54 Å². The van der Waals surface area contributed by atoms with Gasteiger partial charge >= 0.3 is 0 Å². The predicted octanol–water partition coefficient (Wildman–Crippen LogP) is 1.85. The molecule has 1 amide bonds. The van der Waals surface area contributed by atoms with Gasteiger partial charge in [-0.2, -0.15) is 0 Å². The molecule has 0 bridgehead atoms. The zero-order valence-electron chi connectivity index (χ0n) is 10.5. The first-order chi connectivity index (χ1) is 7.95. The first-order valence-corrected chi connectivity index (χ1v) is 5.72. The van der Waals surface area contributed by atoms with Gasteiger partial charge in [0.05, 0.1) is 5.56 Å². The van der Waals surface area contributed by atoms with E-state index in [-0.39, 0.29) is 23.4 Å². The molecule has 1 aromatic rings. The minimum atomic E-state index is -0.499. The fourth-order valence-electron chi connectivity index (χ4n) is 1.44. The molecule has 0 heterocycles. The van der Waals surface area contributed by atoms with Crippen LogP contribution in [0.2, 0.25) is 0 Å². The molecular formula is C13H19FN2O. The fraction of sp³-hybridized carbons (Fsp3) is 0.462. The number of nitrogens with one attached hydrogen (secondary N) is 1. The first-order valence-electron chi connectivity index (χ1n) is 5.72. The van der Waals surface area contributed by atoms with E-state index in [0.717, 1.165) is 5.56 Å². The van der Waals surface area contributed by atoms with Gasteiger partial charge in [0.15, 0.2) is 0 Å². The van der Waals surface area contributed by atoms with Gasteiger partial charge in [-0.05, 0) is 38.4 Å². The summed E-state index contributed by atoms with van der Waals surface area (Å²) in [5.74, 6) is -0.730. The van der Waals surface area contributed by atoms with Gasteiger partial charge in [0.25, 0.3) is 5.91 Å². The van der Waals surface area contributed by atoms with Crippen molar-refractivity contribution in [1.82, 2.24) is 5.32 Å². The third-order valence-corrected chi connectivity index (χ3v) is 2.95. The molecule has 2 unspecified atom stereocenters. The van der Waals surface area contributed by atoms with E-state index < -0.39 is 5.82 Å². The summed E-state index contributed by atoms with van der Waals surface area (Å²) >= 11 is 0. The Labute approximate surface area is 101 Å². The van der Waals surface area contributed by atoms with Crippen LogP contribution >= 0.6 is 0 Å². The highest BCUT2D eigenvalue weighted by atomic mass is 19.1. The largest absolute Gasteiger partial charge is 0.349 e. The van der Waals surface area contributed by atoms with E-state index in [1.165, 1.54) is 6.07 Å². The lowest BCUT2D eigenvalue weighted by Gasteiger charge is -2.19. The van der Waals surface area contributed by atoms with Crippen molar-refractivity contribution in [2.45, 2.75) is 26.8 Å². The fourth-order valence-corrected chi connectivity index (χ4v) is 1.44. The quantitative estimate of drug-likeness (QED) is 0.841. The molecule has 3 nitrogen and oxygen atoms in total. The van der Waals surface area contributed by atoms with E-state index in [4.69, 9.17) is 5.73 Å². The molecule has 2 atom stereocenters. The number of hydrogen-bond acceptors (Lipinski definition) is 2. The van der Waals surface area contributed by atoms with Crippen LogP contribution in [-0.2, 0) is 0 Å². The van der Waals surface area contributed by atoms with E-state index >= 15 is 0 Å². The van der Waals surface area contributed by atoms with Gasteiger partial charge in [-0.3, -0.25) is 4.79 Å². The Morgan fingerprint density at radius 2 is 2.12 bits per heavy atom. The van der Waals surface area contributed by atoms with E-state index in [1.807, 2.05) is 20.8 Å². The average molecular weight is 238 g/mol. The van der Waals surface area contributed by atoms with Gasteiger partial charge in [-0.15, -0.1) is 0 Å². The highest BCUT2D eigenvalue weighted by molar-refractivity contribution is 5.94. The van der Waals surface area contributed by atoms with Crippen molar-refractivity contribution in [2.24, 2.45) is 11.7 Å². The molecule has 0 aliphatic heterocycles. The lowest BCUT2D eigenvalue weighted by molar-refractivity contribution is 0.0925. The number of benzene rings is 1. The summed E-state index contributed by atoms with van der Waals surface area (Å²) in [7, 11) is 0. The van der Waals surface area contributed by atoms with Crippen LogP contribution in [0.4, 0.5) is 4.39 Å². The molecule has 0 saturated heterocycles. The molecule has 0 aliphatic carbocycles. The number of halogens is 1. The minimum Gasteiger partial charge on any atom is -0.349 e. The van der Waals surface area contributed by atoms with Crippen LogP contribution in [0.1, 0.15) is 29.8 Å². The Bertz CT molecular complexity index is 406. The first kappa shape index (κ1) is 13.6. The Morgan fingerprint density at radius 1 is 1.47 bits per heavy atom.